The molecule has 1 atom stereocenters. The van der Waals surface area contributed by atoms with Crippen LogP contribution in [0.15, 0.2) is 0 Å². The minimum atomic E-state index is 0.546. The Labute approximate surface area is 89.4 Å². The van der Waals surface area contributed by atoms with E-state index in [1.807, 2.05) is 14.0 Å². The molecule has 0 spiro atoms. The van der Waals surface area contributed by atoms with E-state index in [4.69, 9.17) is 11.6 Å². The fraction of sp³-hybridized carbons (Fsp3) is 0.700. The lowest BCUT2D eigenvalue weighted by Crippen LogP contribution is -2.28. The summed E-state index contributed by atoms with van der Waals surface area (Å²) >= 11 is 6.22. The average molecular weight is 214 g/mol. The Morgan fingerprint density at radius 3 is 2.86 bits per heavy atom. The van der Waals surface area contributed by atoms with E-state index in [1.165, 1.54) is 18.4 Å². The van der Waals surface area contributed by atoms with Gasteiger partial charge >= 0.3 is 0 Å². The Balaban J connectivity index is 2.29. The minimum absolute atomic E-state index is 0.546. The monoisotopic (exact) mass is 213 g/mol. The molecule has 1 aliphatic rings. The second-order valence-electron chi connectivity index (χ2n) is 3.96. The normalized spacial score (nSPS) is 22.6. The fourth-order valence-electron chi connectivity index (χ4n) is 2.21. The predicted octanol–water partition coefficient (Wildman–Crippen LogP) is 1.85. The maximum atomic E-state index is 6.22. The predicted molar refractivity (Wildman–Crippen MR) is 57.8 cm³/mol. The maximum Gasteiger partial charge on any atom is 0.130 e. The number of nitrogens with zero attached hydrogens (tertiary/aromatic N) is 2. The summed E-state index contributed by atoms with van der Waals surface area (Å²) in [5, 5.41) is 8.55. The van der Waals surface area contributed by atoms with Crippen LogP contribution in [0.25, 0.3) is 0 Å². The molecule has 1 fully saturated rings. The zero-order valence-electron chi connectivity index (χ0n) is 8.68. The summed E-state index contributed by atoms with van der Waals surface area (Å²) in [5.41, 5.74) is 2.31. The number of nitrogens with one attached hydrogen (secondary N) is 1. The van der Waals surface area contributed by atoms with E-state index in [0.717, 1.165) is 23.9 Å². The lowest BCUT2D eigenvalue weighted by atomic mass is 9.92. The van der Waals surface area contributed by atoms with Crippen molar-refractivity contribution in [3.63, 3.8) is 0 Å². The van der Waals surface area contributed by atoms with Gasteiger partial charge in [0.2, 0.25) is 0 Å². The topological polar surface area (TPSA) is 29.9 Å². The van der Waals surface area contributed by atoms with E-state index >= 15 is 0 Å². The first kappa shape index (κ1) is 9.99. The van der Waals surface area contributed by atoms with Gasteiger partial charge in [-0.3, -0.25) is 4.68 Å². The standard InChI is InChI=1S/C10H16ClN3/c1-7-9(10(11)14(2)13-7)8-4-3-5-12-6-8/h8,12H,3-6H2,1-2H3. The highest BCUT2D eigenvalue weighted by atomic mass is 35.5. The van der Waals surface area contributed by atoms with Crippen molar-refractivity contribution < 1.29 is 0 Å². The summed E-state index contributed by atoms with van der Waals surface area (Å²) in [6.45, 7) is 4.20. The van der Waals surface area contributed by atoms with E-state index < -0.39 is 0 Å². The summed E-state index contributed by atoms with van der Waals surface area (Å²) in [5.74, 6) is 0.546. The largest absolute Gasteiger partial charge is 0.316 e. The van der Waals surface area contributed by atoms with Crippen LogP contribution in [-0.2, 0) is 7.05 Å². The van der Waals surface area contributed by atoms with Crippen LogP contribution in [0.2, 0.25) is 5.15 Å². The molecule has 0 saturated carbocycles. The Morgan fingerprint density at radius 1 is 1.57 bits per heavy atom. The van der Waals surface area contributed by atoms with Gasteiger partial charge < -0.3 is 5.32 Å². The van der Waals surface area contributed by atoms with Crippen molar-refractivity contribution >= 4 is 11.6 Å². The van der Waals surface area contributed by atoms with Gasteiger partial charge in [0.25, 0.3) is 0 Å². The smallest absolute Gasteiger partial charge is 0.130 e. The molecule has 78 valence electrons. The summed E-state index contributed by atoms with van der Waals surface area (Å²) in [6, 6.07) is 0. The molecule has 0 aromatic carbocycles. The van der Waals surface area contributed by atoms with E-state index in [9.17, 15) is 0 Å². The van der Waals surface area contributed by atoms with Crippen LogP contribution in [0.4, 0.5) is 0 Å². The first-order chi connectivity index (χ1) is 6.70. The second kappa shape index (κ2) is 3.91. The Hall–Kier alpha value is -0.540. The van der Waals surface area contributed by atoms with Crippen LogP contribution < -0.4 is 5.32 Å². The summed E-state index contributed by atoms with van der Waals surface area (Å²) in [4.78, 5) is 0. The van der Waals surface area contributed by atoms with Crippen molar-refractivity contribution in [3.05, 3.63) is 16.4 Å². The highest BCUT2D eigenvalue weighted by Crippen LogP contribution is 2.31. The molecule has 4 heteroatoms. The van der Waals surface area contributed by atoms with Crippen molar-refractivity contribution in [1.29, 1.82) is 0 Å². The van der Waals surface area contributed by atoms with Gasteiger partial charge in [0.05, 0.1) is 5.69 Å². The van der Waals surface area contributed by atoms with Gasteiger partial charge in [-0.05, 0) is 26.3 Å². The highest BCUT2D eigenvalue weighted by Gasteiger charge is 2.22. The number of hydrogen-bond acceptors (Lipinski definition) is 2. The lowest BCUT2D eigenvalue weighted by Gasteiger charge is -2.22. The van der Waals surface area contributed by atoms with Gasteiger partial charge in [-0.25, -0.2) is 0 Å². The molecule has 1 aromatic heterocycles. The third-order valence-corrected chi connectivity index (χ3v) is 3.35. The Morgan fingerprint density at radius 2 is 2.36 bits per heavy atom. The number of aromatic nitrogens is 2. The third kappa shape index (κ3) is 1.66. The molecular weight excluding hydrogens is 198 g/mol. The van der Waals surface area contributed by atoms with Crippen molar-refractivity contribution in [3.8, 4) is 0 Å². The van der Waals surface area contributed by atoms with E-state index in [0.29, 0.717) is 5.92 Å². The number of piperidine rings is 1. The van der Waals surface area contributed by atoms with Crippen molar-refractivity contribution in [1.82, 2.24) is 15.1 Å². The SMILES string of the molecule is Cc1nn(C)c(Cl)c1C1CCCNC1. The van der Waals surface area contributed by atoms with Crippen LogP contribution in [0.5, 0.6) is 0 Å². The third-order valence-electron chi connectivity index (χ3n) is 2.90. The fourth-order valence-corrected chi connectivity index (χ4v) is 2.54. The van der Waals surface area contributed by atoms with Crippen LogP contribution in [0.3, 0.4) is 0 Å². The molecule has 14 heavy (non-hydrogen) atoms. The van der Waals surface area contributed by atoms with E-state index in [2.05, 4.69) is 10.4 Å². The van der Waals surface area contributed by atoms with Crippen molar-refractivity contribution in [2.45, 2.75) is 25.7 Å². The van der Waals surface area contributed by atoms with Crippen LogP contribution in [-0.4, -0.2) is 22.9 Å². The van der Waals surface area contributed by atoms with Crippen LogP contribution >= 0.6 is 11.6 Å². The molecule has 1 aliphatic heterocycles. The van der Waals surface area contributed by atoms with Gasteiger partial charge in [0, 0.05) is 25.1 Å². The summed E-state index contributed by atoms with van der Waals surface area (Å²) in [6.07, 6.45) is 2.45. The number of aryl methyl sites for hydroxylation is 2. The van der Waals surface area contributed by atoms with Crippen molar-refractivity contribution in [2.75, 3.05) is 13.1 Å². The molecule has 1 saturated heterocycles. The first-order valence-corrected chi connectivity index (χ1v) is 5.47. The quantitative estimate of drug-likeness (QED) is 0.772. The van der Waals surface area contributed by atoms with Crippen LogP contribution in [0, 0.1) is 6.92 Å². The average Bonchev–Trinajstić information content (AvgIpc) is 2.43. The lowest BCUT2D eigenvalue weighted by molar-refractivity contribution is 0.460. The minimum Gasteiger partial charge on any atom is -0.316 e. The second-order valence-corrected chi connectivity index (χ2v) is 4.31. The molecule has 1 unspecified atom stereocenters. The van der Waals surface area contributed by atoms with Gasteiger partial charge in [0.15, 0.2) is 0 Å². The van der Waals surface area contributed by atoms with E-state index in [1.54, 1.807) is 4.68 Å². The molecule has 0 aliphatic carbocycles. The van der Waals surface area contributed by atoms with Gasteiger partial charge in [-0.2, -0.15) is 5.10 Å². The molecule has 1 N–H and O–H groups in total. The van der Waals surface area contributed by atoms with Gasteiger partial charge in [-0.15, -0.1) is 0 Å². The molecule has 3 nitrogen and oxygen atoms in total. The molecule has 1 aromatic rings. The van der Waals surface area contributed by atoms with Gasteiger partial charge in [0.1, 0.15) is 5.15 Å². The molecule has 0 amide bonds. The number of hydrogen-bond donors (Lipinski definition) is 1. The zero-order chi connectivity index (χ0) is 10.1. The molecule has 2 heterocycles. The zero-order valence-corrected chi connectivity index (χ0v) is 9.43. The number of halogens is 1. The molecular formula is C10H16ClN3. The van der Waals surface area contributed by atoms with Crippen molar-refractivity contribution in [2.24, 2.45) is 7.05 Å². The van der Waals surface area contributed by atoms with Crippen LogP contribution in [0.1, 0.15) is 30.0 Å². The summed E-state index contributed by atoms with van der Waals surface area (Å²) in [7, 11) is 1.90. The maximum absolute atomic E-state index is 6.22. The van der Waals surface area contributed by atoms with Gasteiger partial charge in [-0.1, -0.05) is 11.6 Å². The Bertz CT molecular complexity index is 326. The molecule has 0 bridgehead atoms. The summed E-state index contributed by atoms with van der Waals surface area (Å²) < 4.78 is 1.76. The highest BCUT2D eigenvalue weighted by molar-refractivity contribution is 6.30. The molecule has 0 radical (unpaired) electrons. The molecule has 2 rings (SSSR count). The Kier molecular flexibility index (Phi) is 2.79. The number of rotatable bonds is 1. The first-order valence-electron chi connectivity index (χ1n) is 5.10. The van der Waals surface area contributed by atoms with E-state index in [-0.39, 0.29) is 0 Å².